The maximum atomic E-state index is 14.3. The highest BCUT2D eigenvalue weighted by atomic mass is 32.2. The van der Waals surface area contributed by atoms with Gasteiger partial charge in [0.25, 0.3) is 0 Å². The minimum Gasteiger partial charge on any atom is -0.465 e. The maximum Gasteiger partial charge on any atom is 0.416 e. The van der Waals surface area contributed by atoms with Gasteiger partial charge in [-0.3, -0.25) is 9.80 Å². The zero-order chi connectivity index (χ0) is 17.6. The Labute approximate surface area is 137 Å². The van der Waals surface area contributed by atoms with Crippen LogP contribution in [0.25, 0.3) is 0 Å². The number of anilines is 1. The van der Waals surface area contributed by atoms with Crippen molar-refractivity contribution in [3.05, 3.63) is 29.6 Å². The number of ether oxygens (including phenoxy) is 1. The van der Waals surface area contributed by atoms with Crippen LogP contribution in [0, 0.1) is 5.82 Å². The summed E-state index contributed by atoms with van der Waals surface area (Å²) in [6.45, 7) is -0.0573. The molecule has 0 radical (unpaired) electrons. The first kappa shape index (κ1) is 16.5. The average Bonchev–Trinajstić information content (AvgIpc) is 2.85. The highest BCUT2D eigenvalue weighted by Crippen LogP contribution is 2.33. The summed E-state index contributed by atoms with van der Waals surface area (Å²) in [5.74, 6) is -1.14. The standard InChI is InChI=1S/C14H15FN2O6S/c1-16(13(18)19)12-5-17(14(20)23-12)9-2-3-10(11(15)4-9)8-6-24(21,22)7-8/h2-4,8,12H,5-7H2,1H3,(H,18,19)/t12-/m0/s1. The summed E-state index contributed by atoms with van der Waals surface area (Å²) in [5, 5.41) is 8.91. The van der Waals surface area contributed by atoms with Crippen LogP contribution in [0.2, 0.25) is 0 Å². The van der Waals surface area contributed by atoms with Gasteiger partial charge in [0.15, 0.2) is 16.1 Å². The van der Waals surface area contributed by atoms with Crippen molar-refractivity contribution in [2.75, 3.05) is 30.0 Å². The number of benzene rings is 1. The van der Waals surface area contributed by atoms with Gasteiger partial charge in [0.1, 0.15) is 5.82 Å². The van der Waals surface area contributed by atoms with E-state index in [2.05, 4.69) is 0 Å². The van der Waals surface area contributed by atoms with E-state index in [-0.39, 0.29) is 29.7 Å². The topological polar surface area (TPSA) is 104 Å². The van der Waals surface area contributed by atoms with Gasteiger partial charge >= 0.3 is 12.2 Å². The molecule has 1 aromatic rings. The molecule has 1 N–H and O–H groups in total. The number of nitrogens with zero attached hydrogens (tertiary/aromatic N) is 2. The predicted octanol–water partition coefficient (Wildman–Crippen LogP) is 1.23. The summed E-state index contributed by atoms with van der Waals surface area (Å²) in [5.41, 5.74) is 0.519. The zero-order valence-corrected chi connectivity index (χ0v) is 13.5. The number of carboxylic acid groups (broad SMARTS) is 1. The molecule has 2 aliphatic rings. The molecule has 0 spiro atoms. The Hall–Kier alpha value is -2.36. The summed E-state index contributed by atoms with van der Waals surface area (Å²) in [6, 6.07) is 4.07. The molecular formula is C14H15FN2O6S. The molecule has 8 nitrogen and oxygen atoms in total. The van der Waals surface area contributed by atoms with E-state index >= 15 is 0 Å². The van der Waals surface area contributed by atoms with Gasteiger partial charge in [-0.2, -0.15) is 0 Å². The van der Waals surface area contributed by atoms with Crippen molar-refractivity contribution in [1.29, 1.82) is 0 Å². The molecule has 2 amide bonds. The third kappa shape index (κ3) is 2.88. The van der Waals surface area contributed by atoms with Crippen LogP contribution in [0.15, 0.2) is 18.2 Å². The third-order valence-electron chi connectivity index (χ3n) is 4.18. The van der Waals surface area contributed by atoms with E-state index in [9.17, 15) is 22.4 Å². The maximum absolute atomic E-state index is 14.3. The van der Waals surface area contributed by atoms with Crippen LogP contribution in [0.5, 0.6) is 0 Å². The first-order chi connectivity index (χ1) is 11.2. The Morgan fingerprint density at radius 1 is 1.42 bits per heavy atom. The van der Waals surface area contributed by atoms with Gasteiger partial charge in [0, 0.05) is 13.0 Å². The van der Waals surface area contributed by atoms with Crippen molar-refractivity contribution >= 4 is 27.7 Å². The van der Waals surface area contributed by atoms with Crippen molar-refractivity contribution in [2.24, 2.45) is 0 Å². The molecule has 0 unspecified atom stereocenters. The lowest BCUT2D eigenvalue weighted by Crippen LogP contribution is -2.38. The predicted molar refractivity (Wildman–Crippen MR) is 81.2 cm³/mol. The molecule has 2 heterocycles. The van der Waals surface area contributed by atoms with Crippen LogP contribution in [-0.2, 0) is 14.6 Å². The summed E-state index contributed by atoms with van der Waals surface area (Å²) in [7, 11) is -1.80. The summed E-state index contributed by atoms with van der Waals surface area (Å²) >= 11 is 0. The Morgan fingerprint density at radius 2 is 2.08 bits per heavy atom. The number of carbonyl (C=O) groups excluding carboxylic acids is 1. The highest BCUT2D eigenvalue weighted by molar-refractivity contribution is 7.92. The lowest BCUT2D eigenvalue weighted by Gasteiger charge is -2.27. The van der Waals surface area contributed by atoms with Gasteiger partial charge in [-0.15, -0.1) is 0 Å². The van der Waals surface area contributed by atoms with Gasteiger partial charge in [-0.05, 0) is 17.7 Å². The molecule has 0 aliphatic carbocycles. The quantitative estimate of drug-likeness (QED) is 0.871. The fraction of sp³-hybridized carbons (Fsp3) is 0.429. The van der Waals surface area contributed by atoms with Crippen molar-refractivity contribution in [3.63, 3.8) is 0 Å². The number of hydrogen-bond donors (Lipinski definition) is 1. The van der Waals surface area contributed by atoms with Gasteiger partial charge in [0.2, 0.25) is 0 Å². The van der Waals surface area contributed by atoms with Crippen LogP contribution in [0.4, 0.5) is 19.7 Å². The number of rotatable bonds is 3. The van der Waals surface area contributed by atoms with E-state index in [1.807, 2.05) is 0 Å². The number of amides is 2. The third-order valence-corrected chi connectivity index (χ3v) is 6.00. The molecule has 0 saturated carbocycles. The van der Waals surface area contributed by atoms with E-state index in [0.29, 0.717) is 5.56 Å². The lowest BCUT2D eigenvalue weighted by molar-refractivity contribution is 0.0415. The molecular weight excluding hydrogens is 343 g/mol. The number of carbonyl (C=O) groups is 2. The van der Waals surface area contributed by atoms with E-state index in [0.717, 1.165) is 15.9 Å². The first-order valence-electron chi connectivity index (χ1n) is 7.12. The second kappa shape index (κ2) is 5.62. The number of hydrogen-bond acceptors (Lipinski definition) is 5. The van der Waals surface area contributed by atoms with E-state index in [4.69, 9.17) is 9.84 Å². The molecule has 3 rings (SSSR count). The van der Waals surface area contributed by atoms with Gasteiger partial charge in [-0.1, -0.05) is 6.07 Å². The summed E-state index contributed by atoms with van der Waals surface area (Å²) in [4.78, 5) is 24.8. The summed E-state index contributed by atoms with van der Waals surface area (Å²) in [6.07, 6.45) is -3.00. The van der Waals surface area contributed by atoms with E-state index < -0.39 is 34.1 Å². The Kier molecular flexibility index (Phi) is 3.86. The zero-order valence-electron chi connectivity index (χ0n) is 12.7. The van der Waals surface area contributed by atoms with Crippen molar-refractivity contribution < 1.29 is 32.2 Å². The van der Waals surface area contributed by atoms with Crippen molar-refractivity contribution in [2.45, 2.75) is 12.1 Å². The average molecular weight is 358 g/mol. The molecule has 0 bridgehead atoms. The molecule has 10 heteroatoms. The molecule has 2 aliphatic heterocycles. The Morgan fingerprint density at radius 3 is 2.62 bits per heavy atom. The molecule has 2 fully saturated rings. The number of halogens is 1. The molecule has 1 aromatic carbocycles. The molecule has 0 aromatic heterocycles. The second-order valence-corrected chi connectivity index (χ2v) is 7.98. The first-order valence-corrected chi connectivity index (χ1v) is 8.94. The highest BCUT2D eigenvalue weighted by Gasteiger charge is 2.38. The lowest BCUT2D eigenvalue weighted by atomic mass is 10.0. The van der Waals surface area contributed by atoms with Gasteiger partial charge in [-0.25, -0.2) is 22.4 Å². The van der Waals surface area contributed by atoms with Crippen LogP contribution in [-0.4, -0.2) is 61.9 Å². The smallest absolute Gasteiger partial charge is 0.416 e. The number of cyclic esters (lactones) is 1. The van der Waals surface area contributed by atoms with Crippen LogP contribution < -0.4 is 4.90 Å². The second-order valence-electron chi connectivity index (χ2n) is 5.82. The molecule has 130 valence electrons. The number of likely N-dealkylation sites (N-methyl/N-ethyl adjacent to an activating group) is 1. The van der Waals surface area contributed by atoms with Crippen molar-refractivity contribution in [1.82, 2.24) is 4.90 Å². The molecule has 1 atom stereocenters. The van der Waals surface area contributed by atoms with Gasteiger partial charge < -0.3 is 9.84 Å². The fourth-order valence-electron chi connectivity index (χ4n) is 2.74. The summed E-state index contributed by atoms with van der Waals surface area (Å²) < 4.78 is 41.6. The molecule has 2 saturated heterocycles. The van der Waals surface area contributed by atoms with E-state index in [1.165, 1.54) is 19.2 Å². The SMILES string of the molecule is CN(C(=O)O)[C@@H]1CN(c2ccc(C3CS(=O)(=O)C3)c(F)c2)C(=O)O1. The van der Waals surface area contributed by atoms with Crippen LogP contribution in [0.1, 0.15) is 11.5 Å². The van der Waals surface area contributed by atoms with Crippen molar-refractivity contribution in [3.8, 4) is 0 Å². The minimum atomic E-state index is -3.07. The Bertz CT molecular complexity index is 799. The van der Waals surface area contributed by atoms with Crippen LogP contribution in [0.3, 0.4) is 0 Å². The monoisotopic (exact) mass is 358 g/mol. The van der Waals surface area contributed by atoms with Gasteiger partial charge in [0.05, 0.1) is 23.7 Å². The minimum absolute atomic E-state index is 0.0573. The fourth-order valence-corrected chi connectivity index (χ4v) is 4.23. The Balaban J connectivity index is 1.77. The number of sulfone groups is 1. The van der Waals surface area contributed by atoms with E-state index in [1.54, 1.807) is 0 Å². The van der Waals surface area contributed by atoms with Crippen LogP contribution >= 0.6 is 0 Å². The normalized spacial score (nSPS) is 22.8. The molecule has 24 heavy (non-hydrogen) atoms. The largest absolute Gasteiger partial charge is 0.465 e.